The van der Waals surface area contributed by atoms with Gasteiger partial charge in [0.1, 0.15) is 5.82 Å². The van der Waals surface area contributed by atoms with Gasteiger partial charge in [0.15, 0.2) is 0 Å². The Kier molecular flexibility index (Phi) is 4.49. The molecule has 0 unspecified atom stereocenters. The van der Waals surface area contributed by atoms with E-state index in [9.17, 15) is 0 Å². The van der Waals surface area contributed by atoms with Crippen LogP contribution in [0.15, 0.2) is 12.4 Å². The first-order valence-electron chi connectivity index (χ1n) is 6.84. The second-order valence-electron chi connectivity index (χ2n) is 5.11. The number of hydrogen-bond acceptors (Lipinski definition) is 3. The minimum absolute atomic E-state index is 0.588. The summed E-state index contributed by atoms with van der Waals surface area (Å²) in [5.41, 5.74) is 6.67. The standard InChI is InChI=1S/C14H23N3/c1-2-11-3-5-13(6-4-11)14-16-9-12(7-8-15)10-17-14/h9-11,13H,2-8,15H2,1H3. The Bertz CT molecular complexity index is 326. The molecule has 3 nitrogen and oxygen atoms in total. The van der Waals surface area contributed by atoms with Crippen molar-refractivity contribution in [2.24, 2.45) is 11.7 Å². The Labute approximate surface area is 104 Å². The maximum atomic E-state index is 5.52. The van der Waals surface area contributed by atoms with E-state index in [0.29, 0.717) is 12.5 Å². The molecule has 0 spiro atoms. The van der Waals surface area contributed by atoms with Crippen molar-refractivity contribution in [2.75, 3.05) is 6.54 Å². The van der Waals surface area contributed by atoms with Gasteiger partial charge in [-0.25, -0.2) is 9.97 Å². The zero-order valence-electron chi connectivity index (χ0n) is 10.7. The first-order chi connectivity index (χ1) is 8.33. The van der Waals surface area contributed by atoms with Gasteiger partial charge in [-0.3, -0.25) is 0 Å². The van der Waals surface area contributed by atoms with Crippen LogP contribution in [-0.4, -0.2) is 16.5 Å². The van der Waals surface area contributed by atoms with Crippen LogP contribution < -0.4 is 5.73 Å². The molecule has 1 heterocycles. The Balaban J connectivity index is 1.94. The zero-order valence-corrected chi connectivity index (χ0v) is 10.7. The van der Waals surface area contributed by atoms with E-state index in [0.717, 1.165) is 23.7 Å². The van der Waals surface area contributed by atoms with Crippen LogP contribution >= 0.6 is 0 Å². The van der Waals surface area contributed by atoms with Crippen LogP contribution in [0.25, 0.3) is 0 Å². The van der Waals surface area contributed by atoms with Crippen LogP contribution in [0.2, 0.25) is 0 Å². The Morgan fingerprint density at radius 3 is 2.35 bits per heavy atom. The minimum Gasteiger partial charge on any atom is -0.330 e. The first-order valence-corrected chi connectivity index (χ1v) is 6.84. The molecule has 1 aromatic heterocycles. The highest BCUT2D eigenvalue weighted by Gasteiger charge is 2.22. The molecular weight excluding hydrogens is 210 g/mol. The Morgan fingerprint density at radius 1 is 1.18 bits per heavy atom. The van der Waals surface area contributed by atoms with Gasteiger partial charge < -0.3 is 5.73 Å². The van der Waals surface area contributed by atoms with Gasteiger partial charge in [0.25, 0.3) is 0 Å². The largest absolute Gasteiger partial charge is 0.330 e. The van der Waals surface area contributed by atoms with Gasteiger partial charge in [0, 0.05) is 18.3 Å². The van der Waals surface area contributed by atoms with E-state index in [2.05, 4.69) is 16.9 Å². The van der Waals surface area contributed by atoms with E-state index in [1.807, 2.05) is 12.4 Å². The van der Waals surface area contributed by atoms with Crippen molar-refractivity contribution in [1.29, 1.82) is 0 Å². The molecule has 0 bridgehead atoms. The average Bonchev–Trinajstić information content (AvgIpc) is 2.40. The second kappa shape index (κ2) is 6.10. The summed E-state index contributed by atoms with van der Waals surface area (Å²) in [7, 11) is 0. The summed E-state index contributed by atoms with van der Waals surface area (Å²) in [5, 5.41) is 0. The smallest absolute Gasteiger partial charge is 0.131 e. The molecular formula is C14H23N3. The molecule has 1 fully saturated rings. The third-order valence-corrected chi connectivity index (χ3v) is 3.95. The molecule has 1 aliphatic rings. The van der Waals surface area contributed by atoms with Crippen molar-refractivity contribution >= 4 is 0 Å². The zero-order chi connectivity index (χ0) is 12.1. The van der Waals surface area contributed by atoms with Crippen LogP contribution in [0, 0.1) is 5.92 Å². The van der Waals surface area contributed by atoms with Gasteiger partial charge in [-0.15, -0.1) is 0 Å². The molecule has 17 heavy (non-hydrogen) atoms. The van der Waals surface area contributed by atoms with Crippen LogP contribution in [0.4, 0.5) is 0 Å². The van der Waals surface area contributed by atoms with Gasteiger partial charge in [-0.2, -0.15) is 0 Å². The summed E-state index contributed by atoms with van der Waals surface area (Å²) in [6.45, 7) is 2.97. The predicted molar refractivity (Wildman–Crippen MR) is 69.8 cm³/mol. The highest BCUT2D eigenvalue weighted by molar-refractivity contribution is 5.08. The summed E-state index contributed by atoms with van der Waals surface area (Å²) < 4.78 is 0. The molecule has 0 saturated heterocycles. The van der Waals surface area contributed by atoms with E-state index in [1.54, 1.807) is 0 Å². The highest BCUT2D eigenvalue weighted by atomic mass is 14.9. The first kappa shape index (κ1) is 12.5. The molecule has 0 aromatic carbocycles. The fourth-order valence-corrected chi connectivity index (χ4v) is 2.70. The van der Waals surface area contributed by atoms with Crippen LogP contribution in [0.1, 0.15) is 56.3 Å². The molecule has 2 N–H and O–H groups in total. The molecule has 1 aromatic rings. The number of nitrogens with zero attached hydrogens (tertiary/aromatic N) is 2. The molecule has 0 radical (unpaired) electrons. The average molecular weight is 233 g/mol. The van der Waals surface area contributed by atoms with Gasteiger partial charge in [-0.1, -0.05) is 13.3 Å². The summed E-state index contributed by atoms with van der Waals surface area (Å²) in [6.07, 6.45) is 11.3. The van der Waals surface area contributed by atoms with Gasteiger partial charge in [0.2, 0.25) is 0 Å². The summed E-state index contributed by atoms with van der Waals surface area (Å²) in [4.78, 5) is 9.01. The molecule has 2 rings (SSSR count). The van der Waals surface area contributed by atoms with Crippen LogP contribution in [0.5, 0.6) is 0 Å². The lowest BCUT2D eigenvalue weighted by molar-refractivity contribution is 0.312. The third-order valence-electron chi connectivity index (χ3n) is 3.95. The van der Waals surface area contributed by atoms with E-state index < -0.39 is 0 Å². The highest BCUT2D eigenvalue weighted by Crippen LogP contribution is 2.35. The lowest BCUT2D eigenvalue weighted by Gasteiger charge is -2.26. The monoisotopic (exact) mass is 233 g/mol. The summed E-state index contributed by atoms with van der Waals surface area (Å²) >= 11 is 0. The van der Waals surface area contributed by atoms with Crippen LogP contribution in [-0.2, 0) is 6.42 Å². The molecule has 1 aliphatic carbocycles. The van der Waals surface area contributed by atoms with Crippen molar-refractivity contribution in [3.8, 4) is 0 Å². The van der Waals surface area contributed by atoms with Gasteiger partial charge in [-0.05, 0) is 50.1 Å². The number of nitrogens with two attached hydrogens (primary N) is 1. The minimum atomic E-state index is 0.588. The molecule has 0 atom stereocenters. The fraction of sp³-hybridized carbons (Fsp3) is 0.714. The van der Waals surface area contributed by atoms with E-state index in [4.69, 9.17) is 5.73 Å². The number of hydrogen-bond donors (Lipinski definition) is 1. The van der Waals surface area contributed by atoms with Crippen LogP contribution in [0.3, 0.4) is 0 Å². The van der Waals surface area contributed by atoms with Crippen molar-refractivity contribution in [3.63, 3.8) is 0 Å². The molecule has 94 valence electrons. The number of aromatic nitrogens is 2. The Hall–Kier alpha value is -0.960. The SMILES string of the molecule is CCC1CCC(c2ncc(CCN)cn2)CC1. The molecule has 0 amide bonds. The second-order valence-corrected chi connectivity index (χ2v) is 5.11. The predicted octanol–water partition coefficient (Wildman–Crippen LogP) is 2.66. The van der Waals surface area contributed by atoms with E-state index >= 15 is 0 Å². The van der Waals surface area contributed by atoms with Gasteiger partial charge in [0.05, 0.1) is 0 Å². The normalized spacial score (nSPS) is 24.8. The van der Waals surface area contributed by atoms with Crippen molar-refractivity contribution < 1.29 is 0 Å². The molecule has 0 aliphatic heterocycles. The molecule has 1 saturated carbocycles. The summed E-state index contributed by atoms with van der Waals surface area (Å²) in [6, 6.07) is 0. The topological polar surface area (TPSA) is 51.8 Å². The maximum absolute atomic E-state index is 5.52. The van der Waals surface area contributed by atoms with Crippen molar-refractivity contribution in [1.82, 2.24) is 9.97 Å². The van der Waals surface area contributed by atoms with Crippen molar-refractivity contribution in [3.05, 3.63) is 23.8 Å². The fourth-order valence-electron chi connectivity index (χ4n) is 2.70. The Morgan fingerprint density at radius 2 is 1.82 bits per heavy atom. The maximum Gasteiger partial charge on any atom is 0.131 e. The number of rotatable bonds is 4. The lowest BCUT2D eigenvalue weighted by Crippen LogP contribution is -2.15. The lowest BCUT2D eigenvalue weighted by atomic mass is 9.80. The quantitative estimate of drug-likeness (QED) is 0.870. The third kappa shape index (κ3) is 3.25. The summed E-state index contributed by atoms with van der Waals surface area (Å²) in [5.74, 6) is 2.56. The molecule has 3 heteroatoms. The van der Waals surface area contributed by atoms with E-state index in [1.165, 1.54) is 32.1 Å². The van der Waals surface area contributed by atoms with E-state index in [-0.39, 0.29) is 0 Å². The van der Waals surface area contributed by atoms with Crippen molar-refractivity contribution in [2.45, 2.75) is 51.4 Å². The van der Waals surface area contributed by atoms with Gasteiger partial charge >= 0.3 is 0 Å².